The Morgan fingerprint density at radius 1 is 1.00 bits per heavy atom. The van der Waals surface area contributed by atoms with E-state index >= 15 is 0 Å². The SMILES string of the molecule is CCCNc1cc(N2CCC(CCC(=O)N3CCN(C4CCCCC4)CC3)CC2)ncn1. The van der Waals surface area contributed by atoms with Crippen molar-refractivity contribution in [3.05, 3.63) is 12.4 Å². The molecule has 1 amide bonds. The molecule has 32 heavy (non-hydrogen) atoms. The highest BCUT2D eigenvalue weighted by molar-refractivity contribution is 5.76. The van der Waals surface area contributed by atoms with Gasteiger partial charge in [0.25, 0.3) is 0 Å². The fraction of sp³-hybridized carbons (Fsp3) is 0.800. The Morgan fingerprint density at radius 3 is 2.47 bits per heavy atom. The van der Waals surface area contributed by atoms with Crippen LogP contribution >= 0.6 is 0 Å². The van der Waals surface area contributed by atoms with Gasteiger partial charge in [0.15, 0.2) is 0 Å². The molecule has 7 nitrogen and oxygen atoms in total. The van der Waals surface area contributed by atoms with Crippen molar-refractivity contribution in [1.82, 2.24) is 19.8 Å². The Kier molecular flexibility index (Phi) is 8.60. The molecule has 4 rings (SSSR count). The lowest BCUT2D eigenvalue weighted by Gasteiger charge is -2.41. The monoisotopic (exact) mass is 442 g/mol. The van der Waals surface area contributed by atoms with Crippen LogP contribution in [0.15, 0.2) is 12.4 Å². The first kappa shape index (κ1) is 23.3. The number of piperidine rings is 1. The molecule has 1 aromatic heterocycles. The van der Waals surface area contributed by atoms with Gasteiger partial charge in [0, 0.05) is 64.3 Å². The molecular weight excluding hydrogens is 400 g/mol. The summed E-state index contributed by atoms with van der Waals surface area (Å²) in [6, 6.07) is 2.84. The molecule has 1 saturated carbocycles. The van der Waals surface area contributed by atoms with Crippen molar-refractivity contribution in [3.63, 3.8) is 0 Å². The first-order valence-electron chi connectivity index (χ1n) is 13.1. The Bertz CT molecular complexity index is 706. The van der Waals surface area contributed by atoms with E-state index in [1.165, 1.54) is 32.1 Å². The van der Waals surface area contributed by atoms with Crippen LogP contribution in [0.4, 0.5) is 11.6 Å². The number of anilines is 2. The lowest BCUT2D eigenvalue weighted by Crippen LogP contribution is -2.52. The molecule has 2 saturated heterocycles. The molecule has 0 aromatic carbocycles. The average molecular weight is 443 g/mol. The van der Waals surface area contributed by atoms with Crippen LogP contribution in [-0.4, -0.2) is 77.5 Å². The summed E-state index contributed by atoms with van der Waals surface area (Å²) in [4.78, 5) is 28.7. The molecule has 178 valence electrons. The first-order chi connectivity index (χ1) is 15.7. The molecule has 2 aliphatic heterocycles. The van der Waals surface area contributed by atoms with E-state index in [1.807, 2.05) is 0 Å². The summed E-state index contributed by atoms with van der Waals surface area (Å²) in [5.74, 6) is 2.95. The highest BCUT2D eigenvalue weighted by Crippen LogP contribution is 2.27. The van der Waals surface area contributed by atoms with Crippen LogP contribution in [-0.2, 0) is 4.79 Å². The lowest BCUT2D eigenvalue weighted by atomic mass is 9.91. The van der Waals surface area contributed by atoms with Crippen LogP contribution in [0.25, 0.3) is 0 Å². The minimum Gasteiger partial charge on any atom is -0.370 e. The van der Waals surface area contributed by atoms with Crippen molar-refractivity contribution < 1.29 is 4.79 Å². The zero-order chi connectivity index (χ0) is 22.2. The molecule has 0 bridgehead atoms. The highest BCUT2D eigenvalue weighted by Gasteiger charge is 2.28. The molecule has 0 unspecified atom stereocenters. The number of hydrogen-bond acceptors (Lipinski definition) is 6. The maximum atomic E-state index is 12.8. The van der Waals surface area contributed by atoms with Gasteiger partial charge in [-0.05, 0) is 44.4 Å². The molecule has 7 heteroatoms. The number of nitrogens with one attached hydrogen (secondary N) is 1. The van der Waals surface area contributed by atoms with Crippen LogP contribution in [0.3, 0.4) is 0 Å². The van der Waals surface area contributed by atoms with E-state index in [2.05, 4.69) is 43.0 Å². The van der Waals surface area contributed by atoms with Gasteiger partial charge in [0.05, 0.1) is 0 Å². The van der Waals surface area contributed by atoms with Crippen LogP contribution < -0.4 is 10.2 Å². The molecule has 0 atom stereocenters. The predicted octanol–water partition coefficient (Wildman–Crippen LogP) is 3.77. The summed E-state index contributed by atoms with van der Waals surface area (Å²) < 4.78 is 0. The summed E-state index contributed by atoms with van der Waals surface area (Å²) >= 11 is 0. The van der Waals surface area contributed by atoms with Crippen LogP contribution in [0.2, 0.25) is 0 Å². The average Bonchev–Trinajstić information content (AvgIpc) is 2.87. The number of carbonyl (C=O) groups is 1. The molecule has 1 aliphatic carbocycles. The van der Waals surface area contributed by atoms with Crippen molar-refractivity contribution >= 4 is 17.5 Å². The zero-order valence-corrected chi connectivity index (χ0v) is 20.0. The largest absolute Gasteiger partial charge is 0.370 e. The van der Waals surface area contributed by atoms with Crippen molar-refractivity contribution in [2.75, 3.05) is 56.0 Å². The van der Waals surface area contributed by atoms with Gasteiger partial charge in [-0.3, -0.25) is 9.69 Å². The summed E-state index contributed by atoms with van der Waals surface area (Å²) in [5, 5.41) is 3.34. The third-order valence-electron chi connectivity index (χ3n) is 7.67. The van der Waals surface area contributed by atoms with E-state index in [0.29, 0.717) is 18.2 Å². The van der Waals surface area contributed by atoms with Gasteiger partial charge in [-0.15, -0.1) is 0 Å². The highest BCUT2D eigenvalue weighted by atomic mass is 16.2. The van der Waals surface area contributed by atoms with E-state index < -0.39 is 0 Å². The molecular formula is C25H42N6O. The van der Waals surface area contributed by atoms with E-state index in [1.54, 1.807) is 6.33 Å². The Labute approximate surface area is 194 Å². The number of piperazine rings is 1. The maximum Gasteiger partial charge on any atom is 0.222 e. The fourth-order valence-electron chi connectivity index (χ4n) is 5.59. The molecule has 0 radical (unpaired) electrons. The standard InChI is InChI=1S/C25H42N6O/c1-2-12-26-23-19-24(28-20-27-23)30-13-10-21(11-14-30)8-9-25(32)31-17-15-29(16-18-31)22-6-4-3-5-7-22/h19-22H,2-18H2,1H3,(H,26,27,28). The maximum absolute atomic E-state index is 12.8. The van der Waals surface area contributed by atoms with E-state index in [-0.39, 0.29) is 0 Å². The zero-order valence-electron chi connectivity index (χ0n) is 20.0. The van der Waals surface area contributed by atoms with E-state index in [9.17, 15) is 4.79 Å². The van der Waals surface area contributed by atoms with Crippen LogP contribution in [0, 0.1) is 5.92 Å². The predicted molar refractivity (Wildman–Crippen MR) is 130 cm³/mol. The molecule has 3 heterocycles. The molecule has 1 N–H and O–H groups in total. The molecule has 0 spiro atoms. The smallest absolute Gasteiger partial charge is 0.222 e. The molecule has 3 aliphatic rings. The van der Waals surface area contributed by atoms with Crippen LogP contribution in [0.5, 0.6) is 0 Å². The number of nitrogens with zero attached hydrogens (tertiary/aromatic N) is 5. The fourth-order valence-corrected chi connectivity index (χ4v) is 5.59. The third kappa shape index (κ3) is 6.33. The van der Waals surface area contributed by atoms with E-state index in [4.69, 9.17) is 0 Å². The van der Waals surface area contributed by atoms with Crippen molar-refractivity contribution in [3.8, 4) is 0 Å². The summed E-state index contributed by atoms with van der Waals surface area (Å²) in [5.41, 5.74) is 0. The quantitative estimate of drug-likeness (QED) is 0.661. The third-order valence-corrected chi connectivity index (χ3v) is 7.67. The molecule has 1 aromatic rings. The Hall–Kier alpha value is -1.89. The summed E-state index contributed by atoms with van der Waals surface area (Å²) in [6.45, 7) is 9.12. The first-order valence-corrected chi connectivity index (χ1v) is 13.1. The second-order valence-corrected chi connectivity index (χ2v) is 9.87. The second kappa shape index (κ2) is 11.8. The summed E-state index contributed by atoms with van der Waals surface area (Å²) in [7, 11) is 0. The van der Waals surface area contributed by atoms with E-state index in [0.717, 1.165) is 89.2 Å². The van der Waals surface area contributed by atoms with Gasteiger partial charge in [-0.1, -0.05) is 26.2 Å². The number of carbonyl (C=O) groups excluding carboxylic acids is 1. The lowest BCUT2D eigenvalue weighted by molar-refractivity contribution is -0.133. The van der Waals surface area contributed by atoms with Crippen molar-refractivity contribution in [2.45, 2.75) is 77.2 Å². The van der Waals surface area contributed by atoms with Gasteiger partial charge in [-0.2, -0.15) is 0 Å². The van der Waals surface area contributed by atoms with Gasteiger partial charge < -0.3 is 15.1 Å². The topological polar surface area (TPSA) is 64.6 Å². The second-order valence-electron chi connectivity index (χ2n) is 9.87. The van der Waals surface area contributed by atoms with Gasteiger partial charge in [-0.25, -0.2) is 9.97 Å². The number of hydrogen-bond donors (Lipinski definition) is 1. The minimum absolute atomic E-state index is 0.373. The molecule has 3 fully saturated rings. The van der Waals surface area contributed by atoms with Gasteiger partial charge in [0.1, 0.15) is 18.0 Å². The van der Waals surface area contributed by atoms with Crippen molar-refractivity contribution in [2.24, 2.45) is 5.92 Å². The van der Waals surface area contributed by atoms with Gasteiger partial charge in [0.2, 0.25) is 5.91 Å². The minimum atomic E-state index is 0.373. The van der Waals surface area contributed by atoms with Crippen molar-refractivity contribution in [1.29, 1.82) is 0 Å². The summed E-state index contributed by atoms with van der Waals surface area (Å²) in [6.07, 6.45) is 13.7. The van der Waals surface area contributed by atoms with Gasteiger partial charge >= 0.3 is 0 Å². The number of rotatable bonds is 8. The number of aromatic nitrogens is 2. The van der Waals surface area contributed by atoms with Crippen LogP contribution in [0.1, 0.15) is 71.1 Å². The Morgan fingerprint density at radius 2 is 1.75 bits per heavy atom. The Balaban J connectivity index is 1.15. The normalized spacial score (nSPS) is 21.7. The number of amides is 1.